The summed E-state index contributed by atoms with van der Waals surface area (Å²) >= 11 is 0. The Morgan fingerprint density at radius 2 is 2.04 bits per heavy atom. The van der Waals surface area contributed by atoms with E-state index in [1.165, 1.54) is 12.8 Å². The predicted molar refractivity (Wildman–Crippen MR) is 97.3 cm³/mol. The zero-order valence-corrected chi connectivity index (χ0v) is 15.3. The average Bonchev–Trinajstić information content (AvgIpc) is 3.39. The van der Waals surface area contributed by atoms with Gasteiger partial charge in [0.05, 0.1) is 13.3 Å². The van der Waals surface area contributed by atoms with Crippen LogP contribution in [0.1, 0.15) is 37.3 Å². The maximum Gasteiger partial charge on any atom is 0.223 e. The predicted octanol–water partition coefficient (Wildman–Crippen LogP) is 3.19. The summed E-state index contributed by atoms with van der Waals surface area (Å²) in [6.45, 7) is 2.84. The number of carbonyl (C=O) groups is 1. The molecule has 0 aliphatic heterocycles. The summed E-state index contributed by atoms with van der Waals surface area (Å²) in [4.78, 5) is 14.9. The van der Waals surface area contributed by atoms with Crippen LogP contribution in [0.2, 0.25) is 0 Å². The first kappa shape index (κ1) is 17.5. The van der Waals surface area contributed by atoms with Gasteiger partial charge < -0.3 is 9.64 Å². The molecule has 1 aromatic heterocycles. The molecule has 1 fully saturated rings. The highest BCUT2D eigenvalue weighted by Crippen LogP contribution is 2.36. The summed E-state index contributed by atoms with van der Waals surface area (Å²) < 4.78 is 7.00. The minimum atomic E-state index is 0.221. The van der Waals surface area contributed by atoms with E-state index < -0.39 is 0 Å². The van der Waals surface area contributed by atoms with E-state index in [0.717, 1.165) is 23.3 Å². The summed E-state index contributed by atoms with van der Waals surface area (Å²) in [7, 11) is 3.56. The lowest BCUT2D eigenvalue weighted by atomic mass is 10.1. The molecule has 134 valence electrons. The monoisotopic (exact) mass is 341 g/mol. The van der Waals surface area contributed by atoms with Gasteiger partial charge >= 0.3 is 0 Å². The highest BCUT2D eigenvalue weighted by Gasteiger charge is 2.34. The summed E-state index contributed by atoms with van der Waals surface area (Å²) in [5.74, 6) is 1.72. The first-order valence-corrected chi connectivity index (χ1v) is 8.96. The second-order valence-corrected chi connectivity index (χ2v) is 6.97. The molecule has 5 nitrogen and oxygen atoms in total. The summed E-state index contributed by atoms with van der Waals surface area (Å²) in [6.07, 6.45) is 7.55. The number of nitrogens with zero attached hydrogens (tertiary/aromatic N) is 3. The number of methoxy groups -OCH3 is 1. The molecule has 1 atom stereocenters. The molecule has 0 bridgehead atoms. The van der Waals surface area contributed by atoms with Crippen LogP contribution in [0.5, 0.6) is 5.75 Å². The van der Waals surface area contributed by atoms with Crippen molar-refractivity contribution in [3.8, 4) is 5.75 Å². The SMILES string of the molecule is COc1ccc(CN(C(=O)CCc2cnn(C)c2)[C@@H](C)C2CC2)cc1. The largest absolute Gasteiger partial charge is 0.497 e. The quantitative estimate of drug-likeness (QED) is 0.741. The lowest BCUT2D eigenvalue weighted by Gasteiger charge is -2.30. The van der Waals surface area contributed by atoms with E-state index in [1.54, 1.807) is 11.8 Å². The zero-order valence-electron chi connectivity index (χ0n) is 15.3. The highest BCUT2D eigenvalue weighted by atomic mass is 16.5. The molecule has 1 saturated carbocycles. The summed E-state index contributed by atoms with van der Waals surface area (Å²) in [5, 5.41) is 4.18. The van der Waals surface area contributed by atoms with Gasteiger partial charge in [-0.15, -0.1) is 0 Å². The van der Waals surface area contributed by atoms with Gasteiger partial charge in [0, 0.05) is 32.3 Å². The Kier molecular flexibility index (Phi) is 5.41. The van der Waals surface area contributed by atoms with E-state index >= 15 is 0 Å². The van der Waals surface area contributed by atoms with Gasteiger partial charge in [-0.3, -0.25) is 9.48 Å². The van der Waals surface area contributed by atoms with Crippen LogP contribution >= 0.6 is 0 Å². The molecule has 0 N–H and O–H groups in total. The van der Waals surface area contributed by atoms with Gasteiger partial charge in [-0.05, 0) is 55.4 Å². The molecule has 0 saturated heterocycles. The smallest absolute Gasteiger partial charge is 0.223 e. The summed E-state index contributed by atoms with van der Waals surface area (Å²) in [6, 6.07) is 8.29. The van der Waals surface area contributed by atoms with Crippen molar-refractivity contribution in [2.75, 3.05) is 7.11 Å². The number of aryl methyl sites for hydroxylation is 2. The van der Waals surface area contributed by atoms with E-state index in [9.17, 15) is 4.79 Å². The third-order valence-electron chi connectivity index (χ3n) is 5.01. The van der Waals surface area contributed by atoms with Crippen LogP contribution < -0.4 is 4.74 Å². The fourth-order valence-electron chi connectivity index (χ4n) is 3.22. The van der Waals surface area contributed by atoms with Crippen LogP contribution in [-0.2, 0) is 24.8 Å². The molecule has 25 heavy (non-hydrogen) atoms. The number of aromatic nitrogens is 2. The van der Waals surface area contributed by atoms with E-state index in [2.05, 4.69) is 16.9 Å². The van der Waals surface area contributed by atoms with Crippen molar-refractivity contribution in [1.82, 2.24) is 14.7 Å². The molecular weight excluding hydrogens is 314 g/mol. The highest BCUT2D eigenvalue weighted by molar-refractivity contribution is 5.77. The van der Waals surface area contributed by atoms with Gasteiger partial charge in [0.25, 0.3) is 0 Å². The van der Waals surface area contributed by atoms with Crippen molar-refractivity contribution in [1.29, 1.82) is 0 Å². The first-order valence-electron chi connectivity index (χ1n) is 8.96. The minimum Gasteiger partial charge on any atom is -0.497 e. The maximum absolute atomic E-state index is 12.9. The third kappa shape index (κ3) is 4.62. The van der Waals surface area contributed by atoms with E-state index in [0.29, 0.717) is 24.9 Å². The van der Waals surface area contributed by atoms with Crippen molar-refractivity contribution in [3.63, 3.8) is 0 Å². The van der Waals surface area contributed by atoms with Gasteiger partial charge in [0.2, 0.25) is 5.91 Å². The zero-order chi connectivity index (χ0) is 17.8. The van der Waals surface area contributed by atoms with Crippen LogP contribution in [0.3, 0.4) is 0 Å². The van der Waals surface area contributed by atoms with Crippen molar-refractivity contribution in [2.24, 2.45) is 13.0 Å². The van der Waals surface area contributed by atoms with Crippen molar-refractivity contribution < 1.29 is 9.53 Å². The minimum absolute atomic E-state index is 0.221. The molecule has 0 radical (unpaired) electrons. The Morgan fingerprint density at radius 1 is 1.32 bits per heavy atom. The fraction of sp³-hybridized carbons (Fsp3) is 0.500. The number of rotatable bonds is 8. The Morgan fingerprint density at radius 3 is 2.60 bits per heavy atom. The number of hydrogen-bond acceptors (Lipinski definition) is 3. The Bertz CT molecular complexity index is 704. The molecule has 1 aromatic carbocycles. The molecule has 0 unspecified atom stereocenters. The fourth-order valence-corrected chi connectivity index (χ4v) is 3.22. The molecule has 3 rings (SSSR count). The van der Waals surface area contributed by atoms with Crippen molar-refractivity contribution in [3.05, 3.63) is 47.8 Å². The average molecular weight is 341 g/mol. The van der Waals surface area contributed by atoms with E-state index in [-0.39, 0.29) is 5.91 Å². The number of hydrogen-bond donors (Lipinski definition) is 0. The van der Waals surface area contributed by atoms with Crippen LogP contribution in [0.25, 0.3) is 0 Å². The molecule has 1 amide bonds. The summed E-state index contributed by atoms with van der Waals surface area (Å²) in [5.41, 5.74) is 2.25. The second kappa shape index (κ2) is 7.72. The molecule has 2 aromatic rings. The van der Waals surface area contributed by atoms with Gasteiger partial charge in [-0.2, -0.15) is 5.10 Å². The first-order chi connectivity index (χ1) is 12.1. The third-order valence-corrected chi connectivity index (χ3v) is 5.01. The topological polar surface area (TPSA) is 47.4 Å². The van der Waals surface area contributed by atoms with Crippen LogP contribution in [0.4, 0.5) is 0 Å². The molecule has 1 aliphatic rings. The second-order valence-electron chi connectivity index (χ2n) is 6.97. The molecular formula is C20H27N3O2. The van der Waals surface area contributed by atoms with E-state index in [4.69, 9.17) is 4.74 Å². The van der Waals surface area contributed by atoms with Crippen LogP contribution in [0.15, 0.2) is 36.7 Å². The standard InChI is InChI=1S/C20H27N3O2/c1-15(18-7-8-18)23(14-16-4-9-19(25-3)10-5-16)20(24)11-6-17-12-21-22(2)13-17/h4-5,9-10,12-13,15,18H,6-8,11,14H2,1-3H3/t15-/m0/s1. The Labute approximate surface area is 149 Å². The van der Waals surface area contributed by atoms with Gasteiger partial charge in [0.15, 0.2) is 0 Å². The van der Waals surface area contributed by atoms with Crippen molar-refractivity contribution >= 4 is 5.91 Å². The van der Waals surface area contributed by atoms with Gasteiger partial charge in [-0.25, -0.2) is 0 Å². The molecule has 1 heterocycles. The number of carbonyl (C=O) groups excluding carboxylic acids is 1. The number of benzene rings is 1. The Balaban J connectivity index is 1.66. The molecule has 0 spiro atoms. The van der Waals surface area contributed by atoms with Crippen LogP contribution in [0, 0.1) is 5.92 Å². The van der Waals surface area contributed by atoms with Gasteiger partial charge in [-0.1, -0.05) is 12.1 Å². The molecule has 1 aliphatic carbocycles. The van der Waals surface area contributed by atoms with Crippen LogP contribution in [-0.4, -0.2) is 33.7 Å². The molecule has 5 heteroatoms. The van der Waals surface area contributed by atoms with Gasteiger partial charge in [0.1, 0.15) is 5.75 Å². The lowest BCUT2D eigenvalue weighted by molar-refractivity contribution is -0.134. The maximum atomic E-state index is 12.9. The Hall–Kier alpha value is -2.30. The van der Waals surface area contributed by atoms with E-state index in [1.807, 2.05) is 43.7 Å². The normalized spacial score (nSPS) is 15.0. The number of ether oxygens (including phenoxy) is 1. The van der Waals surface area contributed by atoms with Crippen molar-refractivity contribution in [2.45, 2.75) is 45.2 Å². The lowest BCUT2D eigenvalue weighted by Crippen LogP contribution is -2.39. The number of amides is 1.